The molecule has 2 unspecified atom stereocenters. The topological polar surface area (TPSA) is 182 Å². The number of urea groups is 1. The molecule has 0 rings (SSSR count). The van der Waals surface area contributed by atoms with Crippen LogP contribution in [0.25, 0.3) is 0 Å². The molecule has 0 bridgehead atoms. The average Bonchev–Trinajstić information content (AvgIpc) is 2.49. The molecular formula is C12H22BN3O7. The summed E-state index contributed by atoms with van der Waals surface area (Å²) in [5, 5.41) is 40.3. The molecule has 11 heteroatoms. The Labute approximate surface area is 133 Å². The van der Waals surface area contributed by atoms with Crippen molar-refractivity contribution in [3.05, 3.63) is 0 Å². The van der Waals surface area contributed by atoms with Crippen LogP contribution in [-0.4, -0.2) is 69.7 Å². The summed E-state index contributed by atoms with van der Waals surface area (Å²) < 4.78 is 0. The molecule has 0 aromatic rings. The zero-order chi connectivity index (χ0) is 17.8. The molecule has 8 N–H and O–H groups in total. The fourth-order valence-corrected chi connectivity index (χ4v) is 1.76. The van der Waals surface area contributed by atoms with Crippen molar-refractivity contribution >= 4 is 30.7 Å². The first-order valence-corrected chi connectivity index (χ1v) is 7.06. The summed E-state index contributed by atoms with van der Waals surface area (Å²) in [6.45, 7) is 0.408. The van der Waals surface area contributed by atoms with Gasteiger partial charge in [0.2, 0.25) is 0 Å². The van der Waals surface area contributed by atoms with Crippen molar-refractivity contribution in [2.24, 2.45) is 5.73 Å². The first kappa shape index (κ1) is 20.7. The Kier molecular flexibility index (Phi) is 10.2. The van der Waals surface area contributed by atoms with E-state index in [1.807, 2.05) is 0 Å². The van der Waals surface area contributed by atoms with Gasteiger partial charge in [-0.15, -0.1) is 0 Å². The van der Waals surface area contributed by atoms with E-state index in [4.69, 9.17) is 21.0 Å². The number of hydrogen-bond donors (Lipinski definition) is 7. The van der Waals surface area contributed by atoms with Crippen LogP contribution in [0.4, 0.5) is 4.79 Å². The molecule has 0 aliphatic heterocycles. The average molecular weight is 331 g/mol. The van der Waals surface area contributed by atoms with Crippen LogP contribution in [0.15, 0.2) is 0 Å². The molecule has 0 saturated heterocycles. The third kappa shape index (κ3) is 9.35. The van der Waals surface area contributed by atoms with Crippen LogP contribution >= 0.6 is 0 Å². The molecule has 2 amide bonds. The Hall–Kier alpha value is -2.30. The third-order valence-electron chi connectivity index (χ3n) is 2.99. The standard InChI is InChI=1S/C12H22BN3O7/c14-6-2-1-3-8(11(20)21)16-12(22)15-7(10(19)13-23)4-5-9(17)18/h7-8,19,23H,1-6,14H2,(H,17,18)(H,20,21)(H2,15,16,22). The number of unbranched alkanes of at least 4 members (excludes halogenated alkanes) is 1. The third-order valence-corrected chi connectivity index (χ3v) is 2.99. The van der Waals surface area contributed by atoms with E-state index < -0.39 is 35.7 Å². The van der Waals surface area contributed by atoms with Crippen molar-refractivity contribution in [1.82, 2.24) is 10.6 Å². The van der Waals surface area contributed by atoms with Crippen molar-refractivity contribution in [3.8, 4) is 0 Å². The summed E-state index contributed by atoms with van der Waals surface area (Å²) in [4.78, 5) is 33.4. The molecule has 2 atom stereocenters. The number of carbonyl (C=O) groups is 3. The fourth-order valence-electron chi connectivity index (χ4n) is 1.76. The van der Waals surface area contributed by atoms with Crippen LogP contribution in [0.5, 0.6) is 0 Å². The number of hydrogen-bond acceptors (Lipinski definition) is 6. The van der Waals surface area contributed by atoms with Crippen molar-refractivity contribution in [2.75, 3.05) is 6.54 Å². The quantitative estimate of drug-likeness (QED) is 0.171. The van der Waals surface area contributed by atoms with Crippen LogP contribution in [-0.2, 0) is 9.59 Å². The molecule has 0 fully saturated rings. The fraction of sp³-hybridized carbons (Fsp3) is 0.667. The van der Waals surface area contributed by atoms with Crippen molar-refractivity contribution in [1.29, 1.82) is 0 Å². The molecule has 0 aliphatic carbocycles. The number of carboxylic acid groups (broad SMARTS) is 2. The van der Waals surface area contributed by atoms with E-state index in [9.17, 15) is 19.5 Å². The Balaban J connectivity index is 4.63. The first-order valence-electron chi connectivity index (χ1n) is 7.06. The number of nitrogens with two attached hydrogens (primary N) is 1. The molecule has 0 radical (unpaired) electrons. The summed E-state index contributed by atoms with van der Waals surface area (Å²) in [5.74, 6) is -2.37. The Bertz CT molecular complexity index is 444. The van der Waals surface area contributed by atoms with Crippen LogP contribution in [0.2, 0.25) is 0 Å². The SMILES string of the molecule is NCCCCC(NC(=O)NC(CCC(=O)O)C(O)=BO)C(=O)O. The van der Waals surface area contributed by atoms with Gasteiger partial charge >= 0.3 is 133 Å². The van der Waals surface area contributed by atoms with Crippen LogP contribution in [0, 0.1) is 0 Å². The van der Waals surface area contributed by atoms with Gasteiger partial charge in [-0.25, -0.2) is 0 Å². The van der Waals surface area contributed by atoms with E-state index in [0.29, 0.717) is 26.5 Å². The van der Waals surface area contributed by atoms with Crippen LogP contribution in [0.3, 0.4) is 0 Å². The van der Waals surface area contributed by atoms with Crippen LogP contribution in [0.1, 0.15) is 32.1 Å². The maximum absolute atomic E-state index is 11.8. The zero-order valence-corrected chi connectivity index (χ0v) is 12.6. The maximum atomic E-state index is 11.8. The van der Waals surface area contributed by atoms with Gasteiger partial charge in [-0.05, 0) is 0 Å². The second kappa shape index (κ2) is 11.3. The molecule has 130 valence electrons. The summed E-state index contributed by atoms with van der Waals surface area (Å²) in [6, 6.07) is -3.18. The van der Waals surface area contributed by atoms with Gasteiger partial charge in [0.05, 0.1) is 0 Å². The van der Waals surface area contributed by atoms with Gasteiger partial charge in [0.1, 0.15) is 0 Å². The number of aliphatic hydroxyl groups is 1. The zero-order valence-electron chi connectivity index (χ0n) is 12.6. The van der Waals surface area contributed by atoms with Crippen molar-refractivity contribution < 1.29 is 34.7 Å². The Morgan fingerprint density at radius 3 is 2.09 bits per heavy atom. The molecule has 0 aliphatic rings. The van der Waals surface area contributed by atoms with Crippen molar-refractivity contribution in [2.45, 2.75) is 44.2 Å². The molecule has 0 heterocycles. The number of rotatable bonds is 11. The summed E-state index contributed by atoms with van der Waals surface area (Å²) in [6.07, 6.45) is 0.778. The van der Waals surface area contributed by atoms with Gasteiger partial charge in [-0.1, -0.05) is 0 Å². The van der Waals surface area contributed by atoms with E-state index >= 15 is 0 Å². The van der Waals surface area contributed by atoms with E-state index in [1.165, 1.54) is 0 Å². The molecular weight excluding hydrogens is 309 g/mol. The van der Waals surface area contributed by atoms with Gasteiger partial charge in [-0.2, -0.15) is 0 Å². The molecule has 0 aromatic carbocycles. The molecule has 0 aromatic heterocycles. The predicted molar refractivity (Wildman–Crippen MR) is 81.6 cm³/mol. The van der Waals surface area contributed by atoms with Gasteiger partial charge in [0.25, 0.3) is 0 Å². The van der Waals surface area contributed by atoms with Crippen molar-refractivity contribution in [3.63, 3.8) is 0 Å². The van der Waals surface area contributed by atoms with Gasteiger partial charge in [0.15, 0.2) is 0 Å². The molecule has 10 nitrogen and oxygen atoms in total. The predicted octanol–water partition coefficient (Wildman–Crippen LogP) is -1.78. The number of amides is 2. The van der Waals surface area contributed by atoms with Gasteiger partial charge in [0, 0.05) is 0 Å². The van der Waals surface area contributed by atoms with E-state index in [0.717, 1.165) is 0 Å². The summed E-state index contributed by atoms with van der Waals surface area (Å²) >= 11 is 0. The molecule has 23 heavy (non-hydrogen) atoms. The van der Waals surface area contributed by atoms with Gasteiger partial charge in [-0.3, -0.25) is 0 Å². The number of aliphatic carboxylic acids is 2. The second-order valence-electron chi connectivity index (χ2n) is 4.83. The molecule has 0 saturated carbocycles. The van der Waals surface area contributed by atoms with E-state index in [2.05, 4.69) is 10.6 Å². The second-order valence-corrected chi connectivity index (χ2v) is 4.83. The van der Waals surface area contributed by atoms with E-state index in [-0.39, 0.29) is 19.3 Å². The Morgan fingerprint density at radius 2 is 1.61 bits per heavy atom. The summed E-state index contributed by atoms with van der Waals surface area (Å²) in [7, 11) is 0.336. The molecule has 0 spiro atoms. The number of aliphatic hydroxyl groups excluding tert-OH is 1. The van der Waals surface area contributed by atoms with Crippen LogP contribution < -0.4 is 16.4 Å². The van der Waals surface area contributed by atoms with Gasteiger partial charge < -0.3 is 0 Å². The Morgan fingerprint density at radius 1 is 1.00 bits per heavy atom. The number of carbonyl (C=O) groups excluding carboxylic acids is 1. The summed E-state index contributed by atoms with van der Waals surface area (Å²) in [5.41, 5.74) is 4.68. The number of nitrogens with one attached hydrogen (secondary N) is 2. The minimum absolute atomic E-state index is 0.170. The minimum atomic E-state index is -1.22. The number of carboxylic acids is 2. The monoisotopic (exact) mass is 331 g/mol. The van der Waals surface area contributed by atoms with E-state index in [1.54, 1.807) is 0 Å². The normalized spacial score (nSPS) is 13.5. The first-order chi connectivity index (χ1) is 10.8.